The number of methoxy groups -OCH3 is 2. The van der Waals surface area contributed by atoms with Gasteiger partial charge in [-0.25, -0.2) is 0 Å². The van der Waals surface area contributed by atoms with E-state index in [1.54, 1.807) is 18.2 Å². The van der Waals surface area contributed by atoms with Crippen molar-refractivity contribution >= 4 is 36.2 Å². The van der Waals surface area contributed by atoms with Crippen molar-refractivity contribution in [2.75, 3.05) is 26.7 Å². The molecule has 11 heteroatoms. The molecule has 0 spiro atoms. The highest BCUT2D eigenvalue weighted by atomic mass is 79.9. The van der Waals surface area contributed by atoms with Crippen molar-refractivity contribution < 1.29 is 34.7 Å². The molecule has 0 unspecified atom stereocenters. The molecule has 0 aliphatic carbocycles. The molecule has 148 valence electrons. The second kappa shape index (κ2) is 7.95. The van der Waals surface area contributed by atoms with E-state index >= 15 is 0 Å². The average Bonchev–Trinajstić information content (AvgIpc) is 2.54. The number of ether oxygens (including phenoxy) is 2. The molecular formula is C16H17BrO8S2. The minimum Gasteiger partial charge on any atom is -0.495 e. The van der Waals surface area contributed by atoms with Crippen molar-refractivity contribution in [2.45, 2.75) is 0 Å². The van der Waals surface area contributed by atoms with Crippen molar-refractivity contribution in [3.63, 3.8) is 0 Å². The Labute approximate surface area is 166 Å². The molecule has 0 atom stereocenters. The molecule has 0 saturated heterocycles. The smallest absolute Gasteiger partial charge is 0.306 e. The van der Waals surface area contributed by atoms with Crippen LogP contribution in [0.25, 0.3) is 11.1 Å². The summed E-state index contributed by atoms with van der Waals surface area (Å²) in [6, 6.07) is 7.74. The molecule has 2 rings (SSSR count). The molecule has 27 heavy (non-hydrogen) atoms. The van der Waals surface area contributed by atoms with Gasteiger partial charge in [-0.05, 0) is 39.7 Å². The van der Waals surface area contributed by atoms with Gasteiger partial charge in [0.15, 0.2) is 5.75 Å². The summed E-state index contributed by atoms with van der Waals surface area (Å²) in [4.78, 5) is 0. The van der Waals surface area contributed by atoms with Crippen LogP contribution in [0.4, 0.5) is 0 Å². The van der Waals surface area contributed by atoms with E-state index in [4.69, 9.17) is 17.8 Å². The Balaban J connectivity index is 2.63. The highest BCUT2D eigenvalue weighted by Crippen LogP contribution is 2.48. The quantitative estimate of drug-likeness (QED) is 0.556. The molecule has 0 aliphatic rings. The standard InChI is InChI=1S/C16H17BrO8S2/c1-22-13-9-12(10-5-7-11(8-6-10)24-26(3,18)19)15(23-2)16(14(13)17)25-27(4,20)21/h5-9H,1-4H3. The van der Waals surface area contributed by atoms with Gasteiger partial charge in [0.1, 0.15) is 16.0 Å². The Hall–Kier alpha value is -1.98. The van der Waals surface area contributed by atoms with Gasteiger partial charge in [-0.15, -0.1) is 0 Å². The summed E-state index contributed by atoms with van der Waals surface area (Å²) < 4.78 is 66.5. The van der Waals surface area contributed by atoms with Crippen LogP contribution in [-0.4, -0.2) is 43.6 Å². The third-order valence-corrected chi connectivity index (χ3v) is 4.93. The minimum atomic E-state index is -3.84. The molecule has 8 nitrogen and oxygen atoms in total. The van der Waals surface area contributed by atoms with Crippen molar-refractivity contribution in [1.82, 2.24) is 0 Å². The van der Waals surface area contributed by atoms with Crippen LogP contribution in [0.2, 0.25) is 0 Å². The summed E-state index contributed by atoms with van der Waals surface area (Å²) >= 11 is 3.26. The van der Waals surface area contributed by atoms with Gasteiger partial charge in [0.05, 0.1) is 26.7 Å². The predicted molar refractivity (Wildman–Crippen MR) is 104 cm³/mol. The van der Waals surface area contributed by atoms with E-state index in [1.807, 2.05) is 0 Å². The lowest BCUT2D eigenvalue weighted by atomic mass is 10.0. The Morgan fingerprint density at radius 3 is 1.81 bits per heavy atom. The fourth-order valence-electron chi connectivity index (χ4n) is 2.25. The first-order valence-electron chi connectivity index (χ1n) is 7.29. The third kappa shape index (κ3) is 5.50. The summed E-state index contributed by atoms with van der Waals surface area (Å²) in [5, 5.41) is 0. The van der Waals surface area contributed by atoms with Gasteiger partial charge < -0.3 is 17.8 Å². The van der Waals surface area contributed by atoms with E-state index in [1.165, 1.54) is 26.4 Å². The summed E-state index contributed by atoms with van der Waals surface area (Å²) in [5.74, 6) is 0.550. The lowest BCUT2D eigenvalue weighted by molar-refractivity contribution is 0.382. The number of hydrogen-bond donors (Lipinski definition) is 0. The Morgan fingerprint density at radius 2 is 1.37 bits per heavy atom. The van der Waals surface area contributed by atoms with Crippen LogP contribution in [0.15, 0.2) is 34.8 Å². The molecule has 0 amide bonds. The number of benzene rings is 2. The van der Waals surface area contributed by atoms with Gasteiger partial charge in [-0.1, -0.05) is 12.1 Å². The van der Waals surface area contributed by atoms with Crippen LogP contribution in [-0.2, 0) is 20.2 Å². The van der Waals surface area contributed by atoms with E-state index in [9.17, 15) is 16.8 Å². The van der Waals surface area contributed by atoms with Gasteiger partial charge in [0, 0.05) is 5.56 Å². The summed E-state index contributed by atoms with van der Waals surface area (Å²) in [6.07, 6.45) is 1.85. The van der Waals surface area contributed by atoms with Crippen molar-refractivity contribution in [3.05, 3.63) is 34.8 Å². The molecule has 0 radical (unpaired) electrons. The zero-order valence-corrected chi connectivity index (χ0v) is 18.1. The van der Waals surface area contributed by atoms with Crippen LogP contribution in [0.3, 0.4) is 0 Å². The van der Waals surface area contributed by atoms with Crippen LogP contribution in [0.5, 0.6) is 23.0 Å². The average molecular weight is 481 g/mol. The van der Waals surface area contributed by atoms with E-state index in [2.05, 4.69) is 15.9 Å². The van der Waals surface area contributed by atoms with Crippen LogP contribution < -0.4 is 17.8 Å². The Morgan fingerprint density at radius 1 is 0.815 bits per heavy atom. The number of halogens is 1. The topological polar surface area (TPSA) is 105 Å². The molecule has 0 aliphatic heterocycles. The molecule has 2 aromatic carbocycles. The number of hydrogen-bond acceptors (Lipinski definition) is 8. The molecule has 0 heterocycles. The van der Waals surface area contributed by atoms with Crippen molar-refractivity contribution in [1.29, 1.82) is 0 Å². The minimum absolute atomic E-state index is 0.0641. The Kier molecular flexibility index (Phi) is 6.28. The SMILES string of the molecule is COc1cc(-c2ccc(OS(C)(=O)=O)cc2)c(OC)c(OS(C)(=O)=O)c1Br. The first-order valence-corrected chi connectivity index (χ1v) is 11.7. The van der Waals surface area contributed by atoms with Gasteiger partial charge in [-0.3, -0.25) is 0 Å². The molecular weight excluding hydrogens is 464 g/mol. The normalized spacial score (nSPS) is 11.7. The summed E-state index contributed by atoms with van der Waals surface area (Å²) in [5.41, 5.74) is 1.07. The second-order valence-electron chi connectivity index (χ2n) is 5.40. The second-order valence-corrected chi connectivity index (χ2v) is 9.34. The first-order chi connectivity index (χ1) is 12.4. The fraction of sp³-hybridized carbons (Fsp3) is 0.250. The molecule has 0 N–H and O–H groups in total. The van der Waals surface area contributed by atoms with Gasteiger partial charge >= 0.3 is 20.2 Å². The molecule has 0 fully saturated rings. The van der Waals surface area contributed by atoms with Crippen LogP contribution in [0, 0.1) is 0 Å². The zero-order chi connectivity index (χ0) is 20.4. The molecule has 2 aromatic rings. The van der Waals surface area contributed by atoms with Crippen LogP contribution >= 0.6 is 15.9 Å². The lowest BCUT2D eigenvalue weighted by Gasteiger charge is -2.17. The zero-order valence-electron chi connectivity index (χ0n) is 14.8. The lowest BCUT2D eigenvalue weighted by Crippen LogP contribution is -2.08. The maximum absolute atomic E-state index is 11.6. The Bertz CT molecular complexity index is 1040. The van der Waals surface area contributed by atoms with E-state index in [-0.39, 0.29) is 21.7 Å². The first kappa shape index (κ1) is 21.3. The van der Waals surface area contributed by atoms with Gasteiger partial charge in [0.2, 0.25) is 5.75 Å². The van der Waals surface area contributed by atoms with E-state index in [0.717, 1.165) is 12.5 Å². The third-order valence-electron chi connectivity index (χ3n) is 3.21. The predicted octanol–water partition coefficient (Wildman–Crippen LogP) is 2.81. The largest absolute Gasteiger partial charge is 0.495 e. The molecule has 0 bridgehead atoms. The highest BCUT2D eigenvalue weighted by molar-refractivity contribution is 9.10. The van der Waals surface area contributed by atoms with E-state index < -0.39 is 20.2 Å². The summed E-state index contributed by atoms with van der Waals surface area (Å²) in [6.45, 7) is 0. The van der Waals surface area contributed by atoms with Gasteiger partial charge in [0.25, 0.3) is 0 Å². The number of rotatable bonds is 7. The maximum Gasteiger partial charge on any atom is 0.306 e. The monoisotopic (exact) mass is 480 g/mol. The molecule has 0 aromatic heterocycles. The van der Waals surface area contributed by atoms with E-state index in [0.29, 0.717) is 16.9 Å². The van der Waals surface area contributed by atoms with Crippen molar-refractivity contribution in [3.8, 4) is 34.1 Å². The fourth-order valence-corrected chi connectivity index (χ4v) is 3.82. The molecule has 0 saturated carbocycles. The van der Waals surface area contributed by atoms with Crippen molar-refractivity contribution in [2.24, 2.45) is 0 Å². The maximum atomic E-state index is 11.6. The highest BCUT2D eigenvalue weighted by Gasteiger charge is 2.23. The van der Waals surface area contributed by atoms with Gasteiger partial charge in [-0.2, -0.15) is 16.8 Å². The summed E-state index contributed by atoms with van der Waals surface area (Å²) in [7, 11) is -4.69. The van der Waals surface area contributed by atoms with Crippen LogP contribution in [0.1, 0.15) is 0 Å².